The van der Waals surface area contributed by atoms with E-state index >= 15 is 0 Å². The molecule has 0 bridgehead atoms. The highest BCUT2D eigenvalue weighted by Crippen LogP contribution is 2.20. The van der Waals surface area contributed by atoms with Gasteiger partial charge in [-0.1, -0.05) is 26.0 Å². The minimum absolute atomic E-state index is 0.141. The molecule has 2 heterocycles. The van der Waals surface area contributed by atoms with Gasteiger partial charge < -0.3 is 4.42 Å². The molecule has 0 aromatic carbocycles. The van der Waals surface area contributed by atoms with Crippen molar-refractivity contribution < 1.29 is 4.42 Å². The maximum atomic E-state index is 5.64. The zero-order valence-corrected chi connectivity index (χ0v) is 11.5. The van der Waals surface area contributed by atoms with Crippen LogP contribution in [0, 0.1) is 0 Å². The van der Waals surface area contributed by atoms with Crippen LogP contribution in [0.15, 0.2) is 10.6 Å². The number of hydrogen-bond acceptors (Lipinski definition) is 5. The molecule has 0 aliphatic heterocycles. The fourth-order valence-corrected chi connectivity index (χ4v) is 1.58. The molecule has 0 aliphatic carbocycles. The lowest BCUT2D eigenvalue weighted by atomic mass is 9.97. The molecule has 0 N–H and O–H groups in total. The fourth-order valence-electron chi connectivity index (χ4n) is 1.39. The number of aryl methyl sites for hydroxylation is 1. The van der Waals surface area contributed by atoms with E-state index in [1.54, 1.807) is 4.68 Å². The van der Waals surface area contributed by atoms with Gasteiger partial charge in [0.2, 0.25) is 11.8 Å². The molecule has 0 atom stereocenters. The van der Waals surface area contributed by atoms with Gasteiger partial charge in [0.25, 0.3) is 0 Å². The summed E-state index contributed by atoms with van der Waals surface area (Å²) in [5.41, 5.74) is 0.720. The summed E-state index contributed by atoms with van der Waals surface area (Å²) in [4.78, 5) is 0. The van der Waals surface area contributed by atoms with E-state index in [0.717, 1.165) is 5.69 Å². The van der Waals surface area contributed by atoms with Gasteiger partial charge in [-0.3, -0.25) is 0 Å². The maximum absolute atomic E-state index is 5.64. The Hall–Kier alpha value is -1.43. The summed E-state index contributed by atoms with van der Waals surface area (Å²) in [6, 6.07) is 0. The predicted molar refractivity (Wildman–Crippen MR) is 66.5 cm³/mol. The Bertz CT molecular complexity index is 513. The van der Waals surface area contributed by atoms with Crippen molar-refractivity contribution in [2.24, 2.45) is 0 Å². The van der Waals surface area contributed by atoms with Gasteiger partial charge >= 0.3 is 0 Å². The summed E-state index contributed by atoms with van der Waals surface area (Å²) < 4.78 is 7.25. The van der Waals surface area contributed by atoms with E-state index < -0.39 is 0 Å². The molecule has 98 valence electrons. The molecule has 2 aromatic rings. The highest BCUT2D eigenvalue weighted by Gasteiger charge is 2.21. The monoisotopic (exact) mass is 269 g/mol. The third kappa shape index (κ3) is 3.07. The SMILES string of the molecule is CC(C)(C)c1nnc(Cn2cc(CCCl)nn2)o1. The smallest absolute Gasteiger partial charge is 0.238 e. The minimum atomic E-state index is -0.141. The average Bonchev–Trinajstić information content (AvgIpc) is 2.88. The van der Waals surface area contributed by atoms with E-state index in [1.165, 1.54) is 0 Å². The van der Waals surface area contributed by atoms with Crippen molar-refractivity contribution >= 4 is 11.6 Å². The zero-order chi connectivity index (χ0) is 13.2. The Morgan fingerprint density at radius 1 is 1.28 bits per heavy atom. The quantitative estimate of drug-likeness (QED) is 0.792. The van der Waals surface area contributed by atoms with Gasteiger partial charge in [0.05, 0.1) is 5.69 Å². The van der Waals surface area contributed by atoms with Crippen molar-refractivity contribution in [2.45, 2.75) is 39.2 Å². The number of aromatic nitrogens is 5. The first kappa shape index (κ1) is 13.0. The number of hydrogen-bond donors (Lipinski definition) is 0. The summed E-state index contributed by atoms with van der Waals surface area (Å²) in [5, 5.41) is 16.0. The Labute approximate surface area is 110 Å². The molecule has 6 nitrogen and oxygen atoms in total. The molecular weight excluding hydrogens is 254 g/mol. The number of alkyl halides is 1. The van der Waals surface area contributed by atoms with Gasteiger partial charge in [0.1, 0.15) is 6.54 Å². The molecule has 2 rings (SSSR count). The summed E-state index contributed by atoms with van der Waals surface area (Å²) in [7, 11) is 0. The van der Waals surface area contributed by atoms with Crippen molar-refractivity contribution in [1.82, 2.24) is 25.2 Å². The van der Waals surface area contributed by atoms with Crippen LogP contribution < -0.4 is 0 Å². The Morgan fingerprint density at radius 2 is 2.06 bits per heavy atom. The maximum Gasteiger partial charge on any atom is 0.238 e. The first-order chi connectivity index (χ1) is 8.49. The summed E-state index contributed by atoms with van der Waals surface area (Å²) in [6.45, 7) is 6.51. The first-order valence-corrected chi connectivity index (χ1v) is 6.30. The summed E-state index contributed by atoms with van der Waals surface area (Å²) >= 11 is 5.64. The standard InChI is InChI=1S/C11H16ClN5O/c1-11(2,3)10-15-14-9(18-10)7-17-6-8(4-5-12)13-16-17/h6H,4-5,7H2,1-3H3. The highest BCUT2D eigenvalue weighted by atomic mass is 35.5. The van der Waals surface area contributed by atoms with E-state index in [-0.39, 0.29) is 5.41 Å². The third-order valence-electron chi connectivity index (χ3n) is 2.34. The second-order valence-electron chi connectivity index (χ2n) is 5.10. The van der Waals surface area contributed by atoms with Crippen molar-refractivity contribution in [2.75, 3.05) is 5.88 Å². The average molecular weight is 270 g/mol. The van der Waals surface area contributed by atoms with E-state index in [0.29, 0.717) is 30.6 Å². The molecule has 0 spiro atoms. The van der Waals surface area contributed by atoms with Crippen LogP contribution in [0.2, 0.25) is 0 Å². The topological polar surface area (TPSA) is 69.6 Å². The van der Waals surface area contributed by atoms with Gasteiger partial charge in [-0.05, 0) is 0 Å². The predicted octanol–water partition coefficient (Wildman–Crippen LogP) is 1.79. The lowest BCUT2D eigenvalue weighted by molar-refractivity contribution is 0.362. The molecule has 0 unspecified atom stereocenters. The van der Waals surface area contributed by atoms with E-state index in [2.05, 4.69) is 20.5 Å². The minimum Gasteiger partial charge on any atom is -0.423 e. The molecule has 0 amide bonds. The van der Waals surface area contributed by atoms with Crippen LogP contribution >= 0.6 is 11.6 Å². The molecule has 18 heavy (non-hydrogen) atoms. The molecule has 0 aliphatic rings. The lowest BCUT2D eigenvalue weighted by Crippen LogP contribution is -2.11. The van der Waals surface area contributed by atoms with Gasteiger partial charge in [0.15, 0.2) is 0 Å². The fraction of sp³-hybridized carbons (Fsp3) is 0.636. The second kappa shape index (κ2) is 5.06. The van der Waals surface area contributed by atoms with Crippen molar-refractivity contribution in [3.05, 3.63) is 23.7 Å². The second-order valence-corrected chi connectivity index (χ2v) is 5.48. The van der Waals surface area contributed by atoms with E-state index in [1.807, 2.05) is 27.0 Å². The molecule has 0 fully saturated rings. The Kier molecular flexibility index (Phi) is 3.65. The summed E-state index contributed by atoms with van der Waals surface area (Å²) in [6.07, 6.45) is 2.54. The Balaban J connectivity index is 2.06. The third-order valence-corrected chi connectivity index (χ3v) is 2.53. The molecule has 7 heteroatoms. The molecule has 0 saturated carbocycles. The summed E-state index contributed by atoms with van der Waals surface area (Å²) in [5.74, 6) is 1.69. The van der Waals surface area contributed by atoms with Crippen LogP contribution in [0.4, 0.5) is 0 Å². The first-order valence-electron chi connectivity index (χ1n) is 5.77. The number of nitrogens with zero attached hydrogens (tertiary/aromatic N) is 5. The molecule has 0 radical (unpaired) electrons. The van der Waals surface area contributed by atoms with Crippen molar-refractivity contribution in [3.8, 4) is 0 Å². The van der Waals surface area contributed by atoms with Gasteiger partial charge in [-0.25, -0.2) is 4.68 Å². The normalized spacial score (nSPS) is 12.0. The van der Waals surface area contributed by atoms with Crippen LogP contribution in [0.3, 0.4) is 0 Å². The zero-order valence-electron chi connectivity index (χ0n) is 10.7. The van der Waals surface area contributed by atoms with Crippen LogP contribution in [-0.2, 0) is 18.4 Å². The van der Waals surface area contributed by atoms with Crippen LogP contribution in [0.1, 0.15) is 38.2 Å². The lowest BCUT2D eigenvalue weighted by Gasteiger charge is -2.10. The molecule has 2 aromatic heterocycles. The number of halogens is 1. The van der Waals surface area contributed by atoms with E-state index in [9.17, 15) is 0 Å². The molecular formula is C11H16ClN5O. The van der Waals surface area contributed by atoms with Gasteiger partial charge in [-0.2, -0.15) is 0 Å². The van der Waals surface area contributed by atoms with Crippen LogP contribution in [0.25, 0.3) is 0 Å². The van der Waals surface area contributed by atoms with Gasteiger partial charge in [-0.15, -0.1) is 26.9 Å². The van der Waals surface area contributed by atoms with Crippen molar-refractivity contribution in [3.63, 3.8) is 0 Å². The van der Waals surface area contributed by atoms with Gasteiger partial charge in [0, 0.05) is 23.9 Å². The van der Waals surface area contributed by atoms with Crippen LogP contribution in [-0.4, -0.2) is 31.1 Å². The van der Waals surface area contributed by atoms with E-state index in [4.69, 9.17) is 16.0 Å². The highest BCUT2D eigenvalue weighted by molar-refractivity contribution is 6.17. The largest absolute Gasteiger partial charge is 0.423 e. The van der Waals surface area contributed by atoms with Crippen molar-refractivity contribution in [1.29, 1.82) is 0 Å². The number of rotatable bonds is 4. The molecule has 0 saturated heterocycles. The Morgan fingerprint density at radius 3 is 2.67 bits per heavy atom. The van der Waals surface area contributed by atoms with Crippen LogP contribution in [0.5, 0.6) is 0 Å².